The fourth-order valence-electron chi connectivity index (χ4n) is 2.30. The Morgan fingerprint density at radius 1 is 1.29 bits per heavy atom. The minimum absolute atomic E-state index is 0.137. The van der Waals surface area contributed by atoms with Crippen molar-refractivity contribution in [3.63, 3.8) is 0 Å². The molecule has 2 rings (SSSR count). The summed E-state index contributed by atoms with van der Waals surface area (Å²) in [5, 5.41) is 0. The minimum Gasteiger partial charge on any atom is -0.467 e. The van der Waals surface area contributed by atoms with Gasteiger partial charge in [0.2, 0.25) is 5.91 Å². The number of anilines is 1. The normalized spacial score (nSPS) is 12.1. The number of carbonyl (C=O) groups excluding carboxylic acids is 1. The van der Waals surface area contributed by atoms with E-state index in [0.29, 0.717) is 19.5 Å². The van der Waals surface area contributed by atoms with Gasteiger partial charge in [0.05, 0.1) is 12.8 Å². The lowest BCUT2D eigenvalue weighted by Gasteiger charge is -2.22. The molecular weight excluding hydrogens is 264 g/mol. The van der Waals surface area contributed by atoms with Crippen LogP contribution in [0.4, 0.5) is 5.69 Å². The molecule has 112 valence electrons. The number of benzene rings is 1. The van der Waals surface area contributed by atoms with Crippen molar-refractivity contribution in [2.75, 3.05) is 12.3 Å². The van der Waals surface area contributed by atoms with E-state index in [-0.39, 0.29) is 11.8 Å². The zero-order chi connectivity index (χ0) is 15.2. The quantitative estimate of drug-likeness (QED) is 0.828. The molecule has 21 heavy (non-hydrogen) atoms. The summed E-state index contributed by atoms with van der Waals surface area (Å²) in [5.41, 5.74) is 7.56. The maximum atomic E-state index is 12.4. The van der Waals surface area contributed by atoms with Gasteiger partial charge in [0.15, 0.2) is 0 Å². The molecule has 4 heteroatoms. The fraction of sp³-hybridized carbons (Fsp3) is 0.353. The molecule has 1 aromatic carbocycles. The molecule has 0 saturated heterocycles. The number of hydrogen-bond donors (Lipinski definition) is 1. The summed E-state index contributed by atoms with van der Waals surface area (Å²) in [6.45, 7) is 5.24. The van der Waals surface area contributed by atoms with Crippen LogP contribution in [0.5, 0.6) is 0 Å². The van der Waals surface area contributed by atoms with Crippen molar-refractivity contribution in [3.8, 4) is 0 Å². The summed E-state index contributed by atoms with van der Waals surface area (Å²) >= 11 is 0. The maximum absolute atomic E-state index is 12.4. The molecule has 1 heterocycles. The lowest BCUT2D eigenvalue weighted by Crippen LogP contribution is -2.30. The lowest BCUT2D eigenvalue weighted by molar-refractivity contribution is -0.132. The third-order valence-electron chi connectivity index (χ3n) is 3.65. The predicted molar refractivity (Wildman–Crippen MR) is 83.7 cm³/mol. The first-order chi connectivity index (χ1) is 10.1. The van der Waals surface area contributed by atoms with E-state index in [2.05, 4.69) is 6.92 Å². The van der Waals surface area contributed by atoms with Gasteiger partial charge in [-0.2, -0.15) is 0 Å². The first-order valence-corrected chi connectivity index (χ1v) is 7.25. The highest BCUT2D eigenvalue weighted by atomic mass is 16.3. The van der Waals surface area contributed by atoms with Crippen molar-refractivity contribution in [2.24, 2.45) is 0 Å². The zero-order valence-corrected chi connectivity index (χ0v) is 12.6. The monoisotopic (exact) mass is 286 g/mol. The summed E-state index contributed by atoms with van der Waals surface area (Å²) in [7, 11) is 0. The van der Waals surface area contributed by atoms with Gasteiger partial charge in [-0.25, -0.2) is 0 Å². The van der Waals surface area contributed by atoms with E-state index in [1.165, 1.54) is 0 Å². The molecule has 0 spiro atoms. The third-order valence-corrected chi connectivity index (χ3v) is 3.65. The minimum atomic E-state index is 0.137. The van der Waals surface area contributed by atoms with Gasteiger partial charge >= 0.3 is 0 Å². The molecule has 0 aliphatic heterocycles. The van der Waals surface area contributed by atoms with Crippen molar-refractivity contribution in [1.82, 2.24) is 4.90 Å². The van der Waals surface area contributed by atoms with Crippen LogP contribution in [0.3, 0.4) is 0 Å². The number of nitrogens with zero attached hydrogens (tertiary/aromatic N) is 1. The molecule has 0 radical (unpaired) electrons. The molecule has 0 aliphatic carbocycles. The van der Waals surface area contributed by atoms with Crippen LogP contribution in [-0.4, -0.2) is 17.4 Å². The number of nitrogens with two attached hydrogens (primary N) is 1. The summed E-state index contributed by atoms with van der Waals surface area (Å²) in [5.74, 6) is 1.12. The molecule has 1 aromatic heterocycles. The number of nitrogen functional groups attached to an aromatic ring is 1. The average molecular weight is 286 g/mol. The van der Waals surface area contributed by atoms with E-state index < -0.39 is 0 Å². The molecular formula is C17H22N2O2. The van der Waals surface area contributed by atoms with Gasteiger partial charge in [-0.3, -0.25) is 4.79 Å². The molecule has 0 saturated carbocycles. The second-order valence-corrected chi connectivity index (χ2v) is 5.26. The summed E-state index contributed by atoms with van der Waals surface area (Å²) in [6.07, 6.45) is 2.11. The molecule has 1 amide bonds. The van der Waals surface area contributed by atoms with Crippen molar-refractivity contribution in [2.45, 2.75) is 32.7 Å². The summed E-state index contributed by atoms with van der Waals surface area (Å²) in [4.78, 5) is 14.2. The Hall–Kier alpha value is -2.23. The maximum Gasteiger partial charge on any atom is 0.223 e. The highest BCUT2D eigenvalue weighted by molar-refractivity contribution is 5.77. The van der Waals surface area contributed by atoms with Crippen LogP contribution < -0.4 is 5.73 Å². The molecule has 2 aromatic rings. The Bertz CT molecular complexity index is 561. The topological polar surface area (TPSA) is 59.5 Å². The van der Waals surface area contributed by atoms with Crippen LogP contribution in [0.1, 0.15) is 37.5 Å². The molecule has 1 atom stereocenters. The first kappa shape index (κ1) is 15.2. The molecule has 0 aliphatic rings. The van der Waals surface area contributed by atoms with Crippen LogP contribution in [0.15, 0.2) is 47.1 Å². The average Bonchev–Trinajstić information content (AvgIpc) is 2.98. The Morgan fingerprint density at radius 2 is 2.00 bits per heavy atom. The van der Waals surface area contributed by atoms with Crippen LogP contribution >= 0.6 is 0 Å². The number of furan rings is 1. The van der Waals surface area contributed by atoms with E-state index in [1.807, 2.05) is 48.2 Å². The highest BCUT2D eigenvalue weighted by Gasteiger charge is 2.17. The lowest BCUT2D eigenvalue weighted by atomic mass is 9.97. The molecule has 0 bridgehead atoms. The number of rotatable bonds is 6. The summed E-state index contributed by atoms with van der Waals surface area (Å²) < 4.78 is 5.31. The Balaban J connectivity index is 1.96. The Kier molecular flexibility index (Phi) is 5.04. The highest BCUT2D eigenvalue weighted by Crippen LogP contribution is 2.21. The zero-order valence-electron chi connectivity index (χ0n) is 12.6. The molecule has 1 unspecified atom stereocenters. The first-order valence-electron chi connectivity index (χ1n) is 7.25. The van der Waals surface area contributed by atoms with E-state index in [0.717, 1.165) is 17.0 Å². The fourth-order valence-corrected chi connectivity index (χ4v) is 2.30. The van der Waals surface area contributed by atoms with Gasteiger partial charge in [0, 0.05) is 18.7 Å². The summed E-state index contributed by atoms with van der Waals surface area (Å²) in [6, 6.07) is 11.4. The smallest absolute Gasteiger partial charge is 0.223 e. The Labute approximate surface area is 125 Å². The van der Waals surface area contributed by atoms with Crippen molar-refractivity contribution >= 4 is 11.6 Å². The van der Waals surface area contributed by atoms with E-state index in [1.54, 1.807) is 6.26 Å². The van der Waals surface area contributed by atoms with Gasteiger partial charge in [-0.1, -0.05) is 19.1 Å². The van der Waals surface area contributed by atoms with Crippen LogP contribution in [0, 0.1) is 0 Å². The van der Waals surface area contributed by atoms with Gasteiger partial charge in [0.1, 0.15) is 5.76 Å². The second-order valence-electron chi connectivity index (χ2n) is 5.26. The van der Waals surface area contributed by atoms with Crippen LogP contribution in [0.25, 0.3) is 0 Å². The van der Waals surface area contributed by atoms with E-state index in [9.17, 15) is 4.79 Å². The standard InChI is InChI=1S/C17H22N2O2/c1-3-19(12-16-5-4-10-21-16)17(20)11-13(2)14-6-8-15(18)9-7-14/h4-10,13H,3,11-12,18H2,1-2H3. The predicted octanol–water partition coefficient (Wildman–Crippen LogP) is 3.40. The molecule has 4 nitrogen and oxygen atoms in total. The number of hydrogen-bond acceptors (Lipinski definition) is 3. The van der Waals surface area contributed by atoms with Crippen LogP contribution in [0.2, 0.25) is 0 Å². The SMILES string of the molecule is CCN(Cc1ccco1)C(=O)CC(C)c1ccc(N)cc1. The van der Waals surface area contributed by atoms with Gasteiger partial charge in [-0.05, 0) is 42.7 Å². The molecule has 2 N–H and O–H groups in total. The number of carbonyl (C=O) groups is 1. The van der Waals surface area contributed by atoms with Crippen molar-refractivity contribution < 1.29 is 9.21 Å². The van der Waals surface area contributed by atoms with Crippen molar-refractivity contribution in [3.05, 3.63) is 54.0 Å². The molecule has 0 fully saturated rings. The van der Waals surface area contributed by atoms with Gasteiger partial charge in [-0.15, -0.1) is 0 Å². The second kappa shape index (κ2) is 6.97. The van der Waals surface area contributed by atoms with Gasteiger partial charge < -0.3 is 15.1 Å². The van der Waals surface area contributed by atoms with E-state index >= 15 is 0 Å². The van der Waals surface area contributed by atoms with Gasteiger partial charge in [0.25, 0.3) is 0 Å². The van der Waals surface area contributed by atoms with Crippen molar-refractivity contribution in [1.29, 1.82) is 0 Å². The third kappa shape index (κ3) is 4.12. The van der Waals surface area contributed by atoms with Crippen LogP contribution in [-0.2, 0) is 11.3 Å². The number of amides is 1. The Morgan fingerprint density at radius 3 is 2.57 bits per heavy atom. The largest absolute Gasteiger partial charge is 0.467 e. The van der Waals surface area contributed by atoms with E-state index in [4.69, 9.17) is 10.2 Å².